The molecular formula is C21H19ClN4OS. The Morgan fingerprint density at radius 3 is 2.36 bits per heavy atom. The third-order valence-corrected chi connectivity index (χ3v) is 5.81. The Morgan fingerprint density at radius 1 is 1.07 bits per heavy atom. The summed E-state index contributed by atoms with van der Waals surface area (Å²) in [4.78, 5) is 20.1. The van der Waals surface area contributed by atoms with E-state index in [1.807, 2.05) is 30.3 Å². The van der Waals surface area contributed by atoms with Gasteiger partial charge in [0.05, 0.1) is 4.53 Å². The Morgan fingerprint density at radius 2 is 1.75 bits per heavy atom. The van der Waals surface area contributed by atoms with Crippen LogP contribution >= 0.6 is 22.9 Å². The number of fused-ring (bicyclic) bond motifs is 1. The first kappa shape index (κ1) is 18.7. The molecule has 0 saturated carbocycles. The number of thiazole rings is 1. The standard InChI is InChI=1S/C21H19ClN4OS/c1-3-25(4-2)17-11-5-14(6-12-17)13-18-20(27)26-21(28-18)23-19(24-26)15-7-9-16(22)10-8-15/h5-13H,3-4H2,1-2H3/b18-13+. The summed E-state index contributed by atoms with van der Waals surface area (Å²) in [5, 5.41) is 5.02. The zero-order valence-corrected chi connectivity index (χ0v) is 17.2. The maximum absolute atomic E-state index is 12.7. The minimum Gasteiger partial charge on any atom is -0.372 e. The van der Waals surface area contributed by atoms with Crippen LogP contribution in [-0.2, 0) is 0 Å². The van der Waals surface area contributed by atoms with E-state index in [1.165, 1.54) is 21.5 Å². The van der Waals surface area contributed by atoms with Gasteiger partial charge in [0.15, 0.2) is 5.82 Å². The zero-order valence-electron chi connectivity index (χ0n) is 15.6. The predicted octanol–water partition coefficient (Wildman–Crippen LogP) is 3.87. The summed E-state index contributed by atoms with van der Waals surface area (Å²) in [7, 11) is 0. The van der Waals surface area contributed by atoms with Crippen LogP contribution in [0, 0.1) is 0 Å². The average Bonchev–Trinajstić information content (AvgIpc) is 3.24. The van der Waals surface area contributed by atoms with Crippen LogP contribution in [0.15, 0.2) is 53.3 Å². The van der Waals surface area contributed by atoms with Crippen molar-refractivity contribution in [3.05, 3.63) is 74.0 Å². The SMILES string of the molecule is CCN(CC)c1ccc(/C=c2/sc3nc(-c4ccc(Cl)cc4)nn3c2=O)cc1. The highest BCUT2D eigenvalue weighted by Gasteiger charge is 2.12. The second-order valence-electron chi connectivity index (χ2n) is 6.32. The van der Waals surface area contributed by atoms with Gasteiger partial charge in [0.1, 0.15) is 0 Å². The molecule has 2 aromatic heterocycles. The largest absolute Gasteiger partial charge is 0.372 e. The lowest BCUT2D eigenvalue weighted by Crippen LogP contribution is -2.23. The molecule has 0 aliphatic carbocycles. The number of nitrogens with zero attached hydrogens (tertiary/aromatic N) is 4. The van der Waals surface area contributed by atoms with E-state index >= 15 is 0 Å². The van der Waals surface area contributed by atoms with Gasteiger partial charge in [-0.15, -0.1) is 5.10 Å². The van der Waals surface area contributed by atoms with Gasteiger partial charge < -0.3 is 4.90 Å². The zero-order chi connectivity index (χ0) is 19.7. The summed E-state index contributed by atoms with van der Waals surface area (Å²) >= 11 is 7.26. The number of halogens is 1. The molecule has 7 heteroatoms. The van der Waals surface area contributed by atoms with Gasteiger partial charge in [-0.2, -0.15) is 9.50 Å². The van der Waals surface area contributed by atoms with Crippen LogP contribution in [0.5, 0.6) is 0 Å². The molecule has 0 bridgehead atoms. The molecule has 5 nitrogen and oxygen atoms in total. The van der Waals surface area contributed by atoms with Crippen molar-refractivity contribution in [3.8, 4) is 11.4 Å². The summed E-state index contributed by atoms with van der Waals surface area (Å²) in [6.07, 6.45) is 1.89. The second-order valence-corrected chi connectivity index (χ2v) is 7.76. The summed E-state index contributed by atoms with van der Waals surface area (Å²) in [6, 6.07) is 15.5. The van der Waals surface area contributed by atoms with E-state index in [0.29, 0.717) is 20.3 Å². The minimum atomic E-state index is -0.152. The van der Waals surface area contributed by atoms with Gasteiger partial charge in [0.25, 0.3) is 5.56 Å². The van der Waals surface area contributed by atoms with Crippen molar-refractivity contribution in [2.45, 2.75) is 13.8 Å². The van der Waals surface area contributed by atoms with Crippen LogP contribution in [-0.4, -0.2) is 27.7 Å². The van der Waals surface area contributed by atoms with Gasteiger partial charge >= 0.3 is 0 Å². The van der Waals surface area contributed by atoms with Crippen LogP contribution in [0.2, 0.25) is 5.02 Å². The molecule has 2 heterocycles. The third kappa shape index (κ3) is 3.53. The molecule has 142 valence electrons. The van der Waals surface area contributed by atoms with E-state index in [4.69, 9.17) is 11.6 Å². The van der Waals surface area contributed by atoms with E-state index in [2.05, 4.69) is 41.0 Å². The summed E-state index contributed by atoms with van der Waals surface area (Å²) in [5.41, 5.74) is 2.84. The molecule has 0 radical (unpaired) electrons. The van der Waals surface area contributed by atoms with Gasteiger partial charge in [-0.1, -0.05) is 35.1 Å². The number of hydrogen-bond acceptors (Lipinski definition) is 5. The summed E-state index contributed by atoms with van der Waals surface area (Å²) < 4.78 is 1.98. The Kier molecular flexibility index (Phi) is 5.15. The van der Waals surface area contributed by atoms with E-state index in [9.17, 15) is 4.79 Å². The van der Waals surface area contributed by atoms with E-state index in [-0.39, 0.29) is 5.56 Å². The van der Waals surface area contributed by atoms with Crippen LogP contribution in [0.3, 0.4) is 0 Å². The maximum atomic E-state index is 12.7. The van der Waals surface area contributed by atoms with E-state index < -0.39 is 0 Å². The van der Waals surface area contributed by atoms with Gasteiger partial charge in [-0.25, -0.2) is 0 Å². The number of anilines is 1. The Labute approximate surface area is 171 Å². The van der Waals surface area contributed by atoms with E-state index in [1.54, 1.807) is 12.1 Å². The normalized spacial score (nSPS) is 12.0. The average molecular weight is 411 g/mol. The fourth-order valence-electron chi connectivity index (χ4n) is 3.08. The van der Waals surface area contributed by atoms with Gasteiger partial charge in [-0.05, 0) is 61.9 Å². The lowest BCUT2D eigenvalue weighted by Gasteiger charge is -2.20. The summed E-state index contributed by atoms with van der Waals surface area (Å²) in [6.45, 7) is 6.21. The molecule has 0 aliphatic rings. The Balaban J connectivity index is 1.68. The topological polar surface area (TPSA) is 50.5 Å². The third-order valence-electron chi connectivity index (χ3n) is 4.60. The van der Waals surface area contributed by atoms with Gasteiger partial charge in [0.2, 0.25) is 4.96 Å². The molecule has 0 unspecified atom stereocenters. The minimum absolute atomic E-state index is 0.152. The van der Waals surface area contributed by atoms with Crippen LogP contribution < -0.4 is 15.0 Å². The van der Waals surface area contributed by atoms with Crippen molar-refractivity contribution in [2.24, 2.45) is 0 Å². The highest BCUT2D eigenvalue weighted by Crippen LogP contribution is 2.19. The fraction of sp³-hybridized carbons (Fsp3) is 0.190. The highest BCUT2D eigenvalue weighted by atomic mass is 35.5. The van der Waals surface area contributed by atoms with Crippen LogP contribution in [0.25, 0.3) is 22.4 Å². The van der Waals surface area contributed by atoms with Crippen molar-refractivity contribution >= 4 is 39.7 Å². The molecule has 4 rings (SSSR count). The smallest absolute Gasteiger partial charge is 0.291 e. The molecule has 0 amide bonds. The second kappa shape index (κ2) is 7.73. The molecule has 4 aromatic rings. The molecule has 28 heavy (non-hydrogen) atoms. The molecule has 0 saturated heterocycles. The summed E-state index contributed by atoms with van der Waals surface area (Å²) in [5.74, 6) is 0.523. The maximum Gasteiger partial charge on any atom is 0.291 e. The molecule has 2 aromatic carbocycles. The van der Waals surface area contributed by atoms with E-state index in [0.717, 1.165) is 24.2 Å². The first-order valence-corrected chi connectivity index (χ1v) is 10.3. The molecule has 0 spiro atoms. The number of benzene rings is 2. The number of aromatic nitrogens is 3. The van der Waals surface area contributed by atoms with Crippen molar-refractivity contribution in [3.63, 3.8) is 0 Å². The molecule has 0 N–H and O–H groups in total. The first-order valence-electron chi connectivity index (χ1n) is 9.11. The first-order chi connectivity index (χ1) is 13.6. The molecule has 0 fully saturated rings. The van der Waals surface area contributed by atoms with Crippen LogP contribution in [0.4, 0.5) is 5.69 Å². The van der Waals surface area contributed by atoms with Crippen molar-refractivity contribution in [1.29, 1.82) is 0 Å². The lowest BCUT2D eigenvalue weighted by atomic mass is 10.2. The fourth-order valence-corrected chi connectivity index (χ4v) is 4.11. The molecular weight excluding hydrogens is 392 g/mol. The van der Waals surface area contributed by atoms with Crippen molar-refractivity contribution < 1.29 is 0 Å². The highest BCUT2D eigenvalue weighted by molar-refractivity contribution is 7.15. The van der Waals surface area contributed by atoms with Crippen molar-refractivity contribution in [1.82, 2.24) is 14.6 Å². The molecule has 0 atom stereocenters. The van der Waals surface area contributed by atoms with Gasteiger partial charge in [-0.3, -0.25) is 4.79 Å². The monoisotopic (exact) mass is 410 g/mol. The number of rotatable bonds is 5. The van der Waals surface area contributed by atoms with Crippen molar-refractivity contribution in [2.75, 3.05) is 18.0 Å². The number of hydrogen-bond donors (Lipinski definition) is 0. The Bertz CT molecular complexity index is 1210. The quantitative estimate of drug-likeness (QED) is 0.501. The van der Waals surface area contributed by atoms with Crippen LogP contribution in [0.1, 0.15) is 19.4 Å². The molecule has 0 aliphatic heterocycles. The van der Waals surface area contributed by atoms with Gasteiger partial charge in [0, 0.05) is 29.4 Å². The predicted molar refractivity (Wildman–Crippen MR) is 116 cm³/mol. The lowest BCUT2D eigenvalue weighted by molar-refractivity contribution is 0.866. The Hall–Kier alpha value is -2.70.